The zero-order valence-electron chi connectivity index (χ0n) is 13.9. The summed E-state index contributed by atoms with van der Waals surface area (Å²) in [5.74, 6) is 1.11. The minimum atomic E-state index is -0.321. The highest BCUT2D eigenvalue weighted by Crippen LogP contribution is 2.41. The summed E-state index contributed by atoms with van der Waals surface area (Å²) in [4.78, 5) is 26.3. The summed E-state index contributed by atoms with van der Waals surface area (Å²) >= 11 is 0. The van der Waals surface area contributed by atoms with Crippen molar-refractivity contribution in [2.24, 2.45) is 11.8 Å². The molecule has 1 aliphatic heterocycles. The van der Waals surface area contributed by atoms with Crippen LogP contribution in [-0.4, -0.2) is 47.6 Å². The highest BCUT2D eigenvalue weighted by Gasteiger charge is 2.44. The monoisotopic (exact) mass is 308 g/mol. The first-order valence-corrected chi connectivity index (χ1v) is 8.58. The van der Waals surface area contributed by atoms with E-state index in [0.29, 0.717) is 23.7 Å². The second-order valence-electron chi connectivity index (χ2n) is 8.18. The van der Waals surface area contributed by atoms with Crippen molar-refractivity contribution in [3.05, 3.63) is 0 Å². The summed E-state index contributed by atoms with van der Waals surface area (Å²) in [6, 6.07) is 0.509. The van der Waals surface area contributed by atoms with Crippen LogP contribution in [0.15, 0.2) is 0 Å². The van der Waals surface area contributed by atoms with Crippen LogP contribution in [0.1, 0.15) is 52.9 Å². The van der Waals surface area contributed by atoms with E-state index in [1.54, 1.807) is 0 Å². The number of hydrogen-bond donors (Lipinski definition) is 1. The zero-order chi connectivity index (χ0) is 15.9. The molecule has 5 nitrogen and oxygen atoms in total. The molecule has 2 aliphatic carbocycles. The van der Waals surface area contributed by atoms with Gasteiger partial charge in [-0.3, -0.25) is 9.69 Å². The Morgan fingerprint density at radius 3 is 2.41 bits per heavy atom. The van der Waals surface area contributed by atoms with E-state index in [1.807, 2.05) is 20.8 Å². The van der Waals surface area contributed by atoms with E-state index in [0.717, 1.165) is 45.2 Å². The van der Waals surface area contributed by atoms with Crippen molar-refractivity contribution in [3.63, 3.8) is 0 Å². The molecule has 124 valence electrons. The van der Waals surface area contributed by atoms with E-state index in [1.165, 1.54) is 0 Å². The third-order valence-corrected chi connectivity index (χ3v) is 5.23. The summed E-state index contributed by atoms with van der Waals surface area (Å²) in [7, 11) is 0. The van der Waals surface area contributed by atoms with Crippen molar-refractivity contribution < 1.29 is 14.3 Å². The van der Waals surface area contributed by atoms with Crippen LogP contribution in [0.5, 0.6) is 0 Å². The van der Waals surface area contributed by atoms with Gasteiger partial charge in [0.15, 0.2) is 0 Å². The van der Waals surface area contributed by atoms with Crippen LogP contribution >= 0.6 is 0 Å². The van der Waals surface area contributed by atoms with E-state index in [9.17, 15) is 9.59 Å². The van der Waals surface area contributed by atoms with Crippen molar-refractivity contribution >= 4 is 11.9 Å². The van der Waals surface area contributed by atoms with Crippen molar-refractivity contribution in [3.8, 4) is 0 Å². The molecule has 3 fully saturated rings. The number of Topliss-reactive ketones (excluding diaryl/α,β-unsaturated/α-hetero) is 1. The van der Waals surface area contributed by atoms with Crippen molar-refractivity contribution in [2.45, 2.75) is 70.6 Å². The molecule has 3 rings (SSSR count). The number of ether oxygens (including phenoxy) is 1. The molecule has 1 saturated heterocycles. The number of nitrogens with zero attached hydrogens (tertiary/aromatic N) is 1. The molecule has 0 spiro atoms. The maximum Gasteiger partial charge on any atom is 0.407 e. The van der Waals surface area contributed by atoms with Gasteiger partial charge in [-0.1, -0.05) is 0 Å². The summed E-state index contributed by atoms with van der Waals surface area (Å²) in [5.41, 5.74) is -0.266. The maximum absolute atomic E-state index is 12.0. The molecule has 0 aromatic heterocycles. The number of carbonyl (C=O) groups excluding carboxylic acids is 2. The lowest BCUT2D eigenvalue weighted by molar-refractivity contribution is -0.127. The Morgan fingerprint density at radius 1 is 1.18 bits per heavy atom. The van der Waals surface area contributed by atoms with Gasteiger partial charge in [-0.25, -0.2) is 4.79 Å². The molecule has 1 N–H and O–H groups in total. The van der Waals surface area contributed by atoms with Gasteiger partial charge in [0.1, 0.15) is 11.9 Å². The summed E-state index contributed by atoms with van der Waals surface area (Å²) in [5, 5.41) is 2.85. The van der Waals surface area contributed by atoms with Gasteiger partial charge >= 0.3 is 6.09 Å². The third-order valence-electron chi connectivity index (χ3n) is 5.23. The molecular formula is C17H28N2O3. The molecule has 0 aromatic carbocycles. The van der Waals surface area contributed by atoms with Crippen molar-refractivity contribution in [1.29, 1.82) is 0 Å². The Balaban J connectivity index is 1.49. The Kier molecular flexibility index (Phi) is 4.19. The molecule has 5 heteroatoms. The first-order chi connectivity index (χ1) is 10.3. The van der Waals surface area contributed by atoms with E-state index in [2.05, 4.69) is 10.2 Å². The van der Waals surface area contributed by atoms with Gasteiger partial charge < -0.3 is 10.1 Å². The van der Waals surface area contributed by atoms with E-state index < -0.39 is 0 Å². The standard InChI is InChI=1S/C17H28N2O3/c1-17(2,3)18-16(21)22-14-6-7-19(10-14)13-8-11-4-5-12(9-13)15(11)20/h11-14H,4-10H2,1-3H3,(H,18,21). The number of carbonyl (C=O) groups is 2. The molecule has 0 aromatic rings. The van der Waals surface area contributed by atoms with Gasteiger partial charge in [-0.2, -0.15) is 0 Å². The minimum absolute atomic E-state index is 0.0161. The van der Waals surface area contributed by atoms with Gasteiger partial charge in [0.25, 0.3) is 0 Å². The number of rotatable bonds is 2. The lowest BCUT2D eigenvalue weighted by Crippen LogP contribution is -2.44. The maximum atomic E-state index is 12.0. The lowest BCUT2D eigenvalue weighted by Gasteiger charge is -2.34. The summed E-state index contributed by atoms with van der Waals surface area (Å²) in [6.45, 7) is 7.64. The Hall–Kier alpha value is -1.10. The Morgan fingerprint density at radius 2 is 1.82 bits per heavy atom. The molecule has 2 bridgehead atoms. The summed E-state index contributed by atoms with van der Waals surface area (Å²) < 4.78 is 5.54. The SMILES string of the molecule is CC(C)(C)NC(=O)OC1CCN(C2CC3CCC(C2)C3=O)C1. The number of fused-ring (bicyclic) bond motifs is 2. The van der Waals surface area contributed by atoms with Crippen LogP contribution in [0, 0.1) is 11.8 Å². The van der Waals surface area contributed by atoms with Crippen LogP contribution in [-0.2, 0) is 9.53 Å². The van der Waals surface area contributed by atoms with Crippen LogP contribution < -0.4 is 5.32 Å². The average molecular weight is 308 g/mol. The fraction of sp³-hybridized carbons (Fsp3) is 0.882. The minimum Gasteiger partial charge on any atom is -0.445 e. The second kappa shape index (κ2) is 5.84. The highest BCUT2D eigenvalue weighted by molar-refractivity contribution is 5.86. The zero-order valence-corrected chi connectivity index (χ0v) is 13.9. The molecule has 3 atom stereocenters. The van der Waals surface area contributed by atoms with Gasteiger partial charge in [-0.05, 0) is 52.9 Å². The van der Waals surface area contributed by atoms with Crippen LogP contribution in [0.2, 0.25) is 0 Å². The first kappa shape index (κ1) is 15.8. The predicted molar refractivity (Wildman–Crippen MR) is 83.6 cm³/mol. The molecule has 2 saturated carbocycles. The molecule has 3 unspecified atom stereocenters. The smallest absolute Gasteiger partial charge is 0.407 e. The number of amides is 1. The molecule has 1 amide bonds. The van der Waals surface area contributed by atoms with Crippen LogP contribution in [0.25, 0.3) is 0 Å². The van der Waals surface area contributed by atoms with Gasteiger partial charge in [0.05, 0.1) is 0 Å². The Bertz CT molecular complexity index is 441. The number of nitrogens with one attached hydrogen (secondary N) is 1. The number of ketones is 1. The molecule has 22 heavy (non-hydrogen) atoms. The fourth-order valence-electron chi connectivity index (χ4n) is 4.21. The van der Waals surface area contributed by atoms with Crippen molar-refractivity contribution in [2.75, 3.05) is 13.1 Å². The molecule has 3 aliphatic rings. The van der Waals surface area contributed by atoms with Crippen molar-refractivity contribution in [1.82, 2.24) is 10.2 Å². The quantitative estimate of drug-likeness (QED) is 0.850. The van der Waals surface area contributed by atoms with E-state index >= 15 is 0 Å². The highest BCUT2D eigenvalue weighted by atomic mass is 16.6. The van der Waals surface area contributed by atoms with Gasteiger partial charge in [0.2, 0.25) is 0 Å². The topological polar surface area (TPSA) is 58.6 Å². The number of likely N-dealkylation sites (tertiary alicyclic amines) is 1. The van der Waals surface area contributed by atoms with Crippen LogP contribution in [0.4, 0.5) is 4.79 Å². The average Bonchev–Trinajstić information content (AvgIpc) is 2.90. The Labute approximate surface area is 132 Å². The molecule has 0 radical (unpaired) electrons. The summed E-state index contributed by atoms with van der Waals surface area (Å²) in [6.07, 6.45) is 4.75. The third kappa shape index (κ3) is 3.45. The lowest BCUT2D eigenvalue weighted by atomic mass is 9.83. The largest absolute Gasteiger partial charge is 0.445 e. The fourth-order valence-corrected chi connectivity index (χ4v) is 4.21. The second-order valence-corrected chi connectivity index (χ2v) is 8.18. The van der Waals surface area contributed by atoms with Gasteiger partial charge in [0, 0.05) is 36.5 Å². The number of alkyl carbamates (subject to hydrolysis) is 1. The normalized spacial score (nSPS) is 35.7. The van der Waals surface area contributed by atoms with E-state index in [4.69, 9.17) is 4.74 Å². The first-order valence-electron chi connectivity index (χ1n) is 8.58. The van der Waals surface area contributed by atoms with Gasteiger partial charge in [-0.15, -0.1) is 0 Å². The predicted octanol–water partition coefficient (Wildman–Crippen LogP) is 2.34. The van der Waals surface area contributed by atoms with E-state index in [-0.39, 0.29) is 17.7 Å². The molecule has 1 heterocycles. The number of hydrogen-bond acceptors (Lipinski definition) is 4. The molecular weight excluding hydrogens is 280 g/mol. The van der Waals surface area contributed by atoms with Crippen LogP contribution in [0.3, 0.4) is 0 Å².